The lowest BCUT2D eigenvalue weighted by Crippen LogP contribution is -2.12. The number of hydrogen-bond acceptors (Lipinski definition) is 0. The molecule has 0 rings (SSSR count). The first-order valence-electron chi connectivity index (χ1n) is 12.2. The van der Waals surface area contributed by atoms with Crippen LogP contribution in [0.25, 0.3) is 0 Å². The smallest absolute Gasteiger partial charge is 0.0168 e. The second-order valence-electron chi connectivity index (χ2n) is 6.72. The summed E-state index contributed by atoms with van der Waals surface area (Å²) < 4.78 is 0. The van der Waals surface area contributed by atoms with E-state index < -0.39 is 0 Å². The summed E-state index contributed by atoms with van der Waals surface area (Å²) in [6.07, 6.45) is 13.8. The Kier molecular flexibility index (Phi) is 60.1. The lowest BCUT2D eigenvalue weighted by molar-refractivity contribution is 0.476. The van der Waals surface area contributed by atoms with Gasteiger partial charge in [0.25, 0.3) is 0 Å². The minimum Gasteiger partial charge on any atom is -0.0919 e. The molecule has 0 amide bonds. The molecule has 0 aromatic rings. The molecule has 0 aromatic heterocycles. The third-order valence-corrected chi connectivity index (χ3v) is 3.73. The Hall–Kier alpha value is -1.04. The Balaban J connectivity index is -0.0000000723. The second kappa shape index (κ2) is 41.4. The lowest BCUT2D eigenvalue weighted by Gasteiger charge is -2.24. The van der Waals surface area contributed by atoms with Gasteiger partial charge in [-0.05, 0) is 70.4 Å². The van der Waals surface area contributed by atoms with Crippen LogP contribution < -0.4 is 0 Å². The maximum Gasteiger partial charge on any atom is -0.0168 e. The summed E-state index contributed by atoms with van der Waals surface area (Å²) in [4.78, 5) is 0. The maximum atomic E-state index is 2.33. The van der Waals surface area contributed by atoms with Gasteiger partial charge in [-0.1, -0.05) is 119 Å². The van der Waals surface area contributed by atoms with E-state index >= 15 is 0 Å². The zero-order chi connectivity index (χ0) is 24.8. The van der Waals surface area contributed by atoms with Crippen molar-refractivity contribution < 1.29 is 0 Å². The van der Waals surface area contributed by atoms with Gasteiger partial charge in [-0.2, -0.15) is 0 Å². The summed E-state index contributed by atoms with van der Waals surface area (Å²) >= 11 is 0. The van der Waals surface area contributed by atoms with Gasteiger partial charge in [-0.15, -0.1) is 0 Å². The first-order valence-corrected chi connectivity index (χ1v) is 12.2. The molecule has 0 unspecified atom stereocenters. The van der Waals surface area contributed by atoms with Gasteiger partial charge in [0.2, 0.25) is 0 Å². The van der Waals surface area contributed by atoms with E-state index in [2.05, 4.69) is 74.5 Å². The van der Waals surface area contributed by atoms with Crippen molar-refractivity contribution in [1.29, 1.82) is 0 Å². The van der Waals surface area contributed by atoms with Gasteiger partial charge in [0.1, 0.15) is 0 Å². The van der Waals surface area contributed by atoms with Gasteiger partial charge in [-0.25, -0.2) is 0 Å². The first-order chi connectivity index (χ1) is 13.7. The number of allylic oxidation sites excluding steroid dienone is 8. The lowest BCUT2D eigenvalue weighted by atomic mass is 9.81. The minimum absolute atomic E-state index is 0.632. The molecule has 0 radical (unpaired) electrons. The molecule has 29 heavy (non-hydrogen) atoms. The molecule has 0 N–H and O–H groups in total. The Labute approximate surface area is 189 Å². The Morgan fingerprint density at radius 3 is 0.897 bits per heavy atom. The van der Waals surface area contributed by atoms with Crippen LogP contribution >= 0.6 is 0 Å². The summed E-state index contributed by atoms with van der Waals surface area (Å²) in [5.41, 5.74) is 3.03. The van der Waals surface area contributed by atoms with Crippen molar-refractivity contribution in [2.24, 2.45) is 17.8 Å². The van der Waals surface area contributed by atoms with Crippen molar-refractivity contribution in [3.05, 3.63) is 47.6 Å². The Morgan fingerprint density at radius 1 is 0.552 bits per heavy atom. The van der Waals surface area contributed by atoms with Crippen LogP contribution in [0.2, 0.25) is 0 Å². The average Bonchev–Trinajstić information content (AvgIpc) is 2.74. The third-order valence-electron chi connectivity index (χ3n) is 3.73. The second-order valence-corrected chi connectivity index (χ2v) is 6.72. The van der Waals surface area contributed by atoms with Crippen LogP contribution in [0.5, 0.6) is 0 Å². The highest BCUT2D eigenvalue weighted by molar-refractivity contribution is 5.33. The van der Waals surface area contributed by atoms with Gasteiger partial charge < -0.3 is 0 Å². The third kappa shape index (κ3) is 38.2. The van der Waals surface area contributed by atoms with Gasteiger partial charge in [0, 0.05) is 0 Å². The van der Waals surface area contributed by atoms with Crippen LogP contribution in [0.1, 0.15) is 124 Å². The molecule has 0 heterocycles. The van der Waals surface area contributed by atoms with Gasteiger partial charge in [0.05, 0.1) is 0 Å². The molecule has 0 saturated heterocycles. The van der Waals surface area contributed by atoms with Crippen molar-refractivity contribution in [3.8, 4) is 0 Å². The summed E-state index contributed by atoms with van der Waals surface area (Å²) in [7, 11) is 0. The van der Waals surface area contributed by atoms with E-state index in [1.807, 2.05) is 79.7 Å². The van der Waals surface area contributed by atoms with E-state index in [4.69, 9.17) is 0 Å². The molecule has 0 nitrogen and oxygen atoms in total. The molecule has 1 atom stereocenters. The molecular weight excluding hydrogens is 348 g/mol. The van der Waals surface area contributed by atoms with Crippen LogP contribution in [0.4, 0.5) is 0 Å². The fraction of sp³-hybridized carbons (Fsp3) is 0.724. The minimum atomic E-state index is 0.632. The van der Waals surface area contributed by atoms with Crippen molar-refractivity contribution >= 4 is 0 Å². The van der Waals surface area contributed by atoms with Crippen LogP contribution in [0.15, 0.2) is 47.6 Å². The molecule has 0 fully saturated rings. The standard InChI is InChI=1S/C14H26.2C4H8.C3H8.2C2H6/c1-8-13(11(5)6)14(9-2)12(7)10(3)4;2*1-3-4-2;1-3-2;2*1-2/h8-12H,1-7H3;2*3-4H,1-2H3;3H2,1-2H3;2*1-2H3/b13-8+,14-9+;2*4-3-;;;/t12-;;;;;/m1...../s1. The molecular formula is C29H62. The normalized spacial score (nSPS) is 11.7. The predicted octanol–water partition coefficient (Wildman–Crippen LogP) is 11.5. The molecule has 0 aliphatic rings. The van der Waals surface area contributed by atoms with E-state index in [9.17, 15) is 0 Å². The molecule has 0 spiro atoms. The van der Waals surface area contributed by atoms with Crippen molar-refractivity contribution in [2.75, 3.05) is 0 Å². The average molecular weight is 411 g/mol. The van der Waals surface area contributed by atoms with Crippen LogP contribution in [-0.2, 0) is 0 Å². The summed E-state index contributed by atoms with van der Waals surface area (Å²) in [6.45, 7) is 36.0. The van der Waals surface area contributed by atoms with Crippen molar-refractivity contribution in [2.45, 2.75) is 124 Å². The van der Waals surface area contributed by atoms with E-state index in [1.165, 1.54) is 17.6 Å². The molecule has 0 saturated carbocycles. The highest BCUT2D eigenvalue weighted by Gasteiger charge is 2.17. The van der Waals surface area contributed by atoms with Crippen LogP contribution in [0, 0.1) is 17.8 Å². The Bertz CT molecular complexity index is 330. The van der Waals surface area contributed by atoms with Crippen molar-refractivity contribution in [1.82, 2.24) is 0 Å². The van der Waals surface area contributed by atoms with E-state index in [-0.39, 0.29) is 0 Å². The quantitative estimate of drug-likeness (QED) is 0.319. The fourth-order valence-corrected chi connectivity index (χ4v) is 1.88. The highest BCUT2D eigenvalue weighted by atomic mass is 14.2. The van der Waals surface area contributed by atoms with Gasteiger partial charge in [-0.3, -0.25) is 0 Å². The molecule has 0 aliphatic heterocycles. The van der Waals surface area contributed by atoms with Crippen molar-refractivity contribution in [3.63, 3.8) is 0 Å². The van der Waals surface area contributed by atoms with Gasteiger partial charge in [0.15, 0.2) is 0 Å². The molecule has 0 aliphatic carbocycles. The Morgan fingerprint density at radius 2 is 0.793 bits per heavy atom. The fourth-order valence-electron chi connectivity index (χ4n) is 1.88. The SMILES string of the molecule is C/C=C(/C(=C/C)[C@H](C)C(C)C)C(C)C.C/C=C\C.C/C=C\C.CC.CC.CCC. The zero-order valence-corrected chi connectivity index (χ0v) is 23.9. The largest absolute Gasteiger partial charge is 0.0919 e. The molecule has 0 bridgehead atoms. The highest BCUT2D eigenvalue weighted by Crippen LogP contribution is 2.30. The van der Waals surface area contributed by atoms with Crippen LogP contribution in [0.3, 0.4) is 0 Å². The van der Waals surface area contributed by atoms with Crippen LogP contribution in [-0.4, -0.2) is 0 Å². The van der Waals surface area contributed by atoms with Gasteiger partial charge >= 0.3 is 0 Å². The zero-order valence-electron chi connectivity index (χ0n) is 23.9. The molecule has 178 valence electrons. The summed E-state index contributed by atoms with van der Waals surface area (Å²) in [5, 5.41) is 0. The van der Waals surface area contributed by atoms with E-state index in [0.29, 0.717) is 11.8 Å². The maximum absolute atomic E-state index is 2.33. The van der Waals surface area contributed by atoms with E-state index in [1.54, 1.807) is 0 Å². The summed E-state index contributed by atoms with van der Waals surface area (Å²) in [6, 6.07) is 0. The first kappa shape index (κ1) is 42.1. The predicted molar refractivity (Wildman–Crippen MR) is 146 cm³/mol. The number of rotatable bonds is 4. The molecule has 0 heteroatoms. The summed E-state index contributed by atoms with van der Waals surface area (Å²) in [5.74, 6) is 2.01. The monoisotopic (exact) mass is 410 g/mol. The number of hydrogen-bond donors (Lipinski definition) is 0. The molecule has 0 aromatic carbocycles. The topological polar surface area (TPSA) is 0 Å². The van der Waals surface area contributed by atoms with E-state index in [0.717, 1.165) is 5.92 Å².